The molecule has 4 nitrogen and oxygen atoms in total. The van der Waals surface area contributed by atoms with Crippen LogP contribution >= 0.6 is 15.9 Å². The molecule has 0 saturated carbocycles. The maximum Gasteiger partial charge on any atom is 0.144 e. The SMILES string of the molecule is CCCOc1cccc(-n2nc(C)c(Br)c2C)c1N. The highest BCUT2D eigenvalue weighted by molar-refractivity contribution is 9.10. The Morgan fingerprint density at radius 1 is 1.37 bits per heavy atom. The normalized spacial score (nSPS) is 10.7. The van der Waals surface area contributed by atoms with Crippen LogP contribution in [0.2, 0.25) is 0 Å². The standard InChI is InChI=1S/C14H18BrN3O/c1-4-8-19-12-7-5-6-11(14(12)16)18-10(3)13(15)9(2)17-18/h5-7H,4,8,16H2,1-3H3. The van der Waals surface area contributed by atoms with Gasteiger partial charge in [0.05, 0.1) is 28.2 Å². The number of hydrogen-bond donors (Lipinski definition) is 1. The van der Waals surface area contributed by atoms with Crippen molar-refractivity contribution in [3.8, 4) is 11.4 Å². The molecule has 0 unspecified atom stereocenters. The summed E-state index contributed by atoms with van der Waals surface area (Å²) in [4.78, 5) is 0. The van der Waals surface area contributed by atoms with Crippen LogP contribution in [0.3, 0.4) is 0 Å². The number of aryl methyl sites for hydroxylation is 1. The molecule has 0 radical (unpaired) electrons. The number of aromatic nitrogens is 2. The third-order valence-corrected chi connectivity index (χ3v) is 4.08. The van der Waals surface area contributed by atoms with Crippen molar-refractivity contribution in [3.63, 3.8) is 0 Å². The zero-order valence-corrected chi connectivity index (χ0v) is 13.0. The van der Waals surface area contributed by atoms with E-state index >= 15 is 0 Å². The highest BCUT2D eigenvalue weighted by Crippen LogP contribution is 2.31. The Morgan fingerprint density at radius 2 is 2.11 bits per heavy atom. The average molecular weight is 324 g/mol. The molecule has 0 spiro atoms. The highest BCUT2D eigenvalue weighted by atomic mass is 79.9. The van der Waals surface area contributed by atoms with Gasteiger partial charge in [-0.2, -0.15) is 5.10 Å². The van der Waals surface area contributed by atoms with Crippen LogP contribution in [-0.4, -0.2) is 16.4 Å². The van der Waals surface area contributed by atoms with E-state index in [4.69, 9.17) is 10.5 Å². The van der Waals surface area contributed by atoms with Crippen molar-refractivity contribution >= 4 is 21.6 Å². The number of benzene rings is 1. The minimum atomic E-state index is 0.619. The average Bonchev–Trinajstić information content (AvgIpc) is 2.65. The third-order valence-electron chi connectivity index (χ3n) is 2.94. The monoisotopic (exact) mass is 323 g/mol. The van der Waals surface area contributed by atoms with E-state index in [0.717, 1.165) is 28.0 Å². The Kier molecular flexibility index (Phi) is 4.14. The van der Waals surface area contributed by atoms with Crippen molar-refractivity contribution in [2.45, 2.75) is 27.2 Å². The zero-order valence-electron chi connectivity index (χ0n) is 11.4. The van der Waals surface area contributed by atoms with Crippen LogP contribution in [0.4, 0.5) is 5.69 Å². The number of halogens is 1. The molecule has 0 aliphatic heterocycles. The van der Waals surface area contributed by atoms with Crippen LogP contribution in [0.5, 0.6) is 5.75 Å². The van der Waals surface area contributed by atoms with Crippen molar-refractivity contribution in [1.29, 1.82) is 0 Å². The van der Waals surface area contributed by atoms with E-state index in [2.05, 4.69) is 28.0 Å². The molecule has 1 heterocycles. The summed E-state index contributed by atoms with van der Waals surface area (Å²) in [5.74, 6) is 0.711. The summed E-state index contributed by atoms with van der Waals surface area (Å²) in [5, 5.41) is 4.50. The van der Waals surface area contributed by atoms with E-state index < -0.39 is 0 Å². The van der Waals surface area contributed by atoms with Crippen LogP contribution < -0.4 is 10.5 Å². The van der Waals surface area contributed by atoms with Crippen LogP contribution in [0.15, 0.2) is 22.7 Å². The lowest BCUT2D eigenvalue weighted by atomic mass is 10.2. The molecule has 0 fully saturated rings. The van der Waals surface area contributed by atoms with Gasteiger partial charge >= 0.3 is 0 Å². The molecule has 0 aliphatic carbocycles. The maximum absolute atomic E-state index is 6.18. The van der Waals surface area contributed by atoms with Gasteiger partial charge in [0.1, 0.15) is 11.4 Å². The first-order valence-corrected chi connectivity index (χ1v) is 7.09. The van der Waals surface area contributed by atoms with Gasteiger partial charge < -0.3 is 10.5 Å². The number of anilines is 1. The third kappa shape index (κ3) is 2.61. The number of rotatable bonds is 4. The van der Waals surface area contributed by atoms with Crippen molar-refractivity contribution in [1.82, 2.24) is 9.78 Å². The molecular weight excluding hydrogens is 306 g/mol. The molecule has 2 aromatic rings. The van der Waals surface area contributed by atoms with Crippen molar-refractivity contribution in [2.75, 3.05) is 12.3 Å². The molecule has 1 aromatic heterocycles. The molecular formula is C14H18BrN3O. The van der Waals surface area contributed by atoms with Crippen LogP contribution in [0, 0.1) is 13.8 Å². The van der Waals surface area contributed by atoms with Gasteiger partial charge in [0.15, 0.2) is 0 Å². The highest BCUT2D eigenvalue weighted by Gasteiger charge is 2.14. The summed E-state index contributed by atoms with van der Waals surface area (Å²) in [7, 11) is 0. The first-order valence-electron chi connectivity index (χ1n) is 6.29. The number of ether oxygens (including phenoxy) is 1. The predicted octanol–water partition coefficient (Wildman–Crippen LogP) is 3.62. The summed E-state index contributed by atoms with van der Waals surface area (Å²) in [6, 6.07) is 5.76. The summed E-state index contributed by atoms with van der Waals surface area (Å²) in [5.41, 5.74) is 9.62. The predicted molar refractivity (Wildman–Crippen MR) is 80.9 cm³/mol. The largest absolute Gasteiger partial charge is 0.491 e. The fraction of sp³-hybridized carbons (Fsp3) is 0.357. The number of para-hydroxylation sites is 1. The Labute approximate surface area is 121 Å². The number of nitrogen functional groups attached to an aromatic ring is 1. The van der Waals surface area contributed by atoms with Crippen LogP contribution in [0.25, 0.3) is 5.69 Å². The van der Waals surface area contributed by atoms with E-state index in [1.54, 1.807) is 0 Å². The van der Waals surface area contributed by atoms with E-state index in [0.29, 0.717) is 18.0 Å². The molecule has 19 heavy (non-hydrogen) atoms. The van der Waals surface area contributed by atoms with E-state index in [1.165, 1.54) is 0 Å². The minimum Gasteiger partial charge on any atom is -0.491 e. The van der Waals surface area contributed by atoms with Crippen molar-refractivity contribution in [3.05, 3.63) is 34.1 Å². The molecule has 1 aromatic carbocycles. The smallest absolute Gasteiger partial charge is 0.144 e. The fourth-order valence-corrected chi connectivity index (χ4v) is 2.16. The lowest BCUT2D eigenvalue weighted by Crippen LogP contribution is -2.06. The Balaban J connectivity index is 2.47. The second kappa shape index (κ2) is 5.65. The lowest BCUT2D eigenvalue weighted by molar-refractivity contribution is 0.319. The van der Waals surface area contributed by atoms with Gasteiger partial charge in [-0.25, -0.2) is 4.68 Å². The fourth-order valence-electron chi connectivity index (χ4n) is 1.91. The van der Waals surface area contributed by atoms with E-state index in [1.807, 2.05) is 36.7 Å². The Hall–Kier alpha value is -1.49. The number of nitrogens with two attached hydrogens (primary N) is 1. The van der Waals surface area contributed by atoms with E-state index in [-0.39, 0.29) is 0 Å². The topological polar surface area (TPSA) is 53.1 Å². The summed E-state index contributed by atoms with van der Waals surface area (Å²) >= 11 is 3.53. The molecule has 5 heteroatoms. The van der Waals surface area contributed by atoms with Gasteiger partial charge in [0.25, 0.3) is 0 Å². The molecule has 0 atom stereocenters. The molecule has 0 saturated heterocycles. The molecule has 0 bridgehead atoms. The van der Waals surface area contributed by atoms with Gasteiger partial charge in [0, 0.05) is 0 Å². The number of hydrogen-bond acceptors (Lipinski definition) is 3. The Bertz CT molecular complexity index is 593. The summed E-state index contributed by atoms with van der Waals surface area (Å²) in [6.45, 7) is 6.69. The number of nitrogens with zero attached hydrogens (tertiary/aromatic N) is 2. The van der Waals surface area contributed by atoms with Crippen LogP contribution in [0.1, 0.15) is 24.7 Å². The zero-order chi connectivity index (χ0) is 14.0. The van der Waals surface area contributed by atoms with Gasteiger partial charge in [-0.15, -0.1) is 0 Å². The second-order valence-corrected chi connectivity index (χ2v) is 5.23. The Morgan fingerprint density at radius 3 is 2.68 bits per heavy atom. The van der Waals surface area contributed by atoms with Gasteiger partial charge in [-0.1, -0.05) is 13.0 Å². The summed E-state index contributed by atoms with van der Waals surface area (Å²) < 4.78 is 8.49. The minimum absolute atomic E-state index is 0.619. The van der Waals surface area contributed by atoms with Gasteiger partial charge in [0.2, 0.25) is 0 Å². The molecule has 102 valence electrons. The first-order chi connectivity index (χ1) is 9.06. The molecule has 0 amide bonds. The van der Waals surface area contributed by atoms with Gasteiger partial charge in [-0.3, -0.25) is 0 Å². The summed E-state index contributed by atoms with van der Waals surface area (Å²) in [6.07, 6.45) is 0.953. The quantitative estimate of drug-likeness (QED) is 0.874. The van der Waals surface area contributed by atoms with Gasteiger partial charge in [-0.05, 0) is 48.3 Å². The van der Waals surface area contributed by atoms with E-state index in [9.17, 15) is 0 Å². The van der Waals surface area contributed by atoms with Crippen molar-refractivity contribution < 1.29 is 4.74 Å². The lowest BCUT2D eigenvalue weighted by Gasteiger charge is -2.13. The maximum atomic E-state index is 6.18. The van der Waals surface area contributed by atoms with Crippen molar-refractivity contribution in [2.24, 2.45) is 0 Å². The molecule has 2 N–H and O–H groups in total. The molecule has 0 aliphatic rings. The second-order valence-electron chi connectivity index (χ2n) is 4.43. The van der Waals surface area contributed by atoms with Crippen LogP contribution in [-0.2, 0) is 0 Å². The molecule has 2 rings (SSSR count). The first kappa shape index (κ1) is 13.9.